The van der Waals surface area contributed by atoms with Crippen LogP contribution in [0.3, 0.4) is 0 Å². The van der Waals surface area contributed by atoms with Crippen molar-refractivity contribution in [3.8, 4) is 0 Å². The molecular weight excluding hydrogens is 330 g/mol. The summed E-state index contributed by atoms with van der Waals surface area (Å²) in [5.41, 5.74) is 1.98. The van der Waals surface area contributed by atoms with Crippen molar-refractivity contribution >= 4 is 27.1 Å². The lowest BCUT2D eigenvalue weighted by Crippen LogP contribution is -2.25. The van der Waals surface area contributed by atoms with Gasteiger partial charge in [-0.1, -0.05) is 20.8 Å². The molecular formula is C16H22BrN3O. The molecule has 0 spiro atoms. The first kappa shape index (κ1) is 15.0. The van der Waals surface area contributed by atoms with Crippen molar-refractivity contribution in [1.82, 2.24) is 14.5 Å². The second kappa shape index (κ2) is 5.69. The molecule has 0 radical (unpaired) electrons. The third-order valence-corrected chi connectivity index (χ3v) is 4.44. The van der Waals surface area contributed by atoms with Gasteiger partial charge in [-0.25, -0.2) is 9.97 Å². The first-order valence-corrected chi connectivity index (χ1v) is 8.34. The number of pyridine rings is 1. The van der Waals surface area contributed by atoms with E-state index >= 15 is 0 Å². The van der Waals surface area contributed by atoms with Crippen molar-refractivity contribution in [2.45, 2.75) is 45.6 Å². The van der Waals surface area contributed by atoms with Crippen molar-refractivity contribution in [1.29, 1.82) is 0 Å². The number of imidazole rings is 1. The highest BCUT2D eigenvalue weighted by Gasteiger charge is 2.25. The average Bonchev–Trinajstić information content (AvgIpc) is 2.78. The summed E-state index contributed by atoms with van der Waals surface area (Å²) in [5.74, 6) is 1.78. The largest absolute Gasteiger partial charge is 0.381 e. The fourth-order valence-electron chi connectivity index (χ4n) is 2.92. The molecule has 21 heavy (non-hydrogen) atoms. The zero-order valence-electron chi connectivity index (χ0n) is 12.9. The Kier molecular flexibility index (Phi) is 4.06. The molecule has 2 aromatic rings. The van der Waals surface area contributed by atoms with Gasteiger partial charge in [-0.3, -0.25) is 0 Å². The first-order valence-electron chi connectivity index (χ1n) is 7.55. The van der Waals surface area contributed by atoms with Crippen molar-refractivity contribution < 1.29 is 4.74 Å². The quantitative estimate of drug-likeness (QED) is 0.823. The Labute approximate surface area is 134 Å². The highest BCUT2D eigenvalue weighted by Crippen LogP contribution is 2.29. The summed E-state index contributed by atoms with van der Waals surface area (Å²) in [4.78, 5) is 9.45. The van der Waals surface area contributed by atoms with E-state index in [2.05, 4.69) is 52.3 Å². The molecule has 0 atom stereocenters. The van der Waals surface area contributed by atoms with Crippen LogP contribution < -0.4 is 0 Å². The van der Waals surface area contributed by atoms with E-state index in [0.717, 1.165) is 54.1 Å². The van der Waals surface area contributed by atoms with Gasteiger partial charge in [0.15, 0.2) is 5.65 Å². The van der Waals surface area contributed by atoms with Gasteiger partial charge in [-0.2, -0.15) is 0 Å². The molecule has 3 heterocycles. The standard InChI is InChI=1S/C16H22BrN3O/c1-16(2,3)15-19-13-8-12(17)9-18-14(13)20(15)10-11-4-6-21-7-5-11/h8-9,11H,4-7,10H2,1-3H3. The van der Waals surface area contributed by atoms with E-state index in [0.29, 0.717) is 5.92 Å². The van der Waals surface area contributed by atoms with Crippen LogP contribution in [0.15, 0.2) is 16.7 Å². The minimum Gasteiger partial charge on any atom is -0.381 e. The van der Waals surface area contributed by atoms with Gasteiger partial charge in [-0.05, 0) is 40.8 Å². The molecule has 0 saturated carbocycles. The number of hydrogen-bond acceptors (Lipinski definition) is 3. The molecule has 4 nitrogen and oxygen atoms in total. The lowest BCUT2D eigenvalue weighted by atomic mass is 9.94. The maximum Gasteiger partial charge on any atom is 0.160 e. The normalized spacial score (nSPS) is 17.5. The second-order valence-corrected chi connectivity index (χ2v) is 7.76. The monoisotopic (exact) mass is 351 g/mol. The van der Waals surface area contributed by atoms with E-state index in [4.69, 9.17) is 9.72 Å². The maximum absolute atomic E-state index is 5.47. The number of nitrogens with zero attached hydrogens (tertiary/aromatic N) is 3. The number of aromatic nitrogens is 3. The highest BCUT2D eigenvalue weighted by molar-refractivity contribution is 9.10. The fourth-order valence-corrected chi connectivity index (χ4v) is 3.24. The maximum atomic E-state index is 5.47. The summed E-state index contributed by atoms with van der Waals surface area (Å²) in [6, 6.07) is 2.05. The summed E-state index contributed by atoms with van der Waals surface area (Å²) in [6.07, 6.45) is 4.11. The summed E-state index contributed by atoms with van der Waals surface area (Å²) >= 11 is 3.49. The zero-order chi connectivity index (χ0) is 15.0. The van der Waals surface area contributed by atoms with E-state index < -0.39 is 0 Å². The molecule has 2 aromatic heterocycles. The van der Waals surface area contributed by atoms with Gasteiger partial charge < -0.3 is 9.30 Å². The van der Waals surface area contributed by atoms with Crippen molar-refractivity contribution in [3.63, 3.8) is 0 Å². The van der Waals surface area contributed by atoms with E-state index in [-0.39, 0.29) is 5.41 Å². The Hall–Kier alpha value is -0.940. The summed E-state index contributed by atoms with van der Waals surface area (Å²) in [7, 11) is 0. The van der Waals surface area contributed by atoms with Crippen LogP contribution in [0.5, 0.6) is 0 Å². The van der Waals surface area contributed by atoms with Crippen LogP contribution in [0.1, 0.15) is 39.4 Å². The second-order valence-electron chi connectivity index (χ2n) is 6.85. The molecule has 0 amide bonds. The van der Waals surface area contributed by atoms with Gasteiger partial charge >= 0.3 is 0 Å². The molecule has 1 saturated heterocycles. The van der Waals surface area contributed by atoms with Crippen LogP contribution in [0.2, 0.25) is 0 Å². The molecule has 0 N–H and O–H groups in total. The lowest BCUT2D eigenvalue weighted by molar-refractivity contribution is 0.0611. The van der Waals surface area contributed by atoms with Gasteiger partial charge in [-0.15, -0.1) is 0 Å². The average molecular weight is 352 g/mol. The molecule has 0 bridgehead atoms. The number of hydrogen-bond donors (Lipinski definition) is 0. The number of ether oxygens (including phenoxy) is 1. The number of halogens is 1. The molecule has 1 fully saturated rings. The number of fused-ring (bicyclic) bond motifs is 1. The third-order valence-electron chi connectivity index (χ3n) is 4.00. The Morgan fingerprint density at radius 1 is 1.33 bits per heavy atom. The minimum atomic E-state index is 0.0122. The van der Waals surface area contributed by atoms with Crippen LogP contribution in [-0.2, 0) is 16.7 Å². The molecule has 1 aliphatic rings. The van der Waals surface area contributed by atoms with Crippen molar-refractivity contribution in [3.05, 3.63) is 22.6 Å². The van der Waals surface area contributed by atoms with Gasteiger partial charge in [0.2, 0.25) is 0 Å². The Morgan fingerprint density at radius 2 is 2.05 bits per heavy atom. The predicted octanol–water partition coefficient (Wildman–Crippen LogP) is 3.92. The van der Waals surface area contributed by atoms with Crippen LogP contribution >= 0.6 is 15.9 Å². The lowest BCUT2D eigenvalue weighted by Gasteiger charge is -2.26. The topological polar surface area (TPSA) is 39.9 Å². The minimum absolute atomic E-state index is 0.0122. The molecule has 0 unspecified atom stereocenters. The Balaban J connectivity index is 2.04. The van der Waals surface area contributed by atoms with Gasteiger partial charge in [0, 0.05) is 35.8 Å². The van der Waals surface area contributed by atoms with Gasteiger partial charge in [0.25, 0.3) is 0 Å². The van der Waals surface area contributed by atoms with Crippen LogP contribution in [-0.4, -0.2) is 27.7 Å². The van der Waals surface area contributed by atoms with Crippen LogP contribution in [0, 0.1) is 5.92 Å². The van der Waals surface area contributed by atoms with Crippen LogP contribution in [0.25, 0.3) is 11.2 Å². The van der Waals surface area contributed by atoms with Crippen LogP contribution in [0.4, 0.5) is 0 Å². The molecule has 0 aromatic carbocycles. The fraction of sp³-hybridized carbons (Fsp3) is 0.625. The SMILES string of the molecule is CC(C)(C)c1nc2cc(Br)cnc2n1CC1CCOCC1. The van der Waals surface area contributed by atoms with Crippen molar-refractivity contribution in [2.75, 3.05) is 13.2 Å². The summed E-state index contributed by atoms with van der Waals surface area (Å²) in [6.45, 7) is 9.38. The summed E-state index contributed by atoms with van der Waals surface area (Å²) in [5, 5.41) is 0. The smallest absolute Gasteiger partial charge is 0.160 e. The van der Waals surface area contributed by atoms with Gasteiger partial charge in [0.1, 0.15) is 11.3 Å². The molecule has 114 valence electrons. The van der Waals surface area contributed by atoms with E-state index in [1.54, 1.807) is 0 Å². The number of rotatable bonds is 2. The molecule has 0 aliphatic carbocycles. The van der Waals surface area contributed by atoms with E-state index in [1.807, 2.05) is 6.20 Å². The molecule has 3 rings (SSSR count). The molecule has 5 heteroatoms. The zero-order valence-corrected chi connectivity index (χ0v) is 14.5. The van der Waals surface area contributed by atoms with E-state index in [1.165, 1.54) is 0 Å². The van der Waals surface area contributed by atoms with Gasteiger partial charge in [0.05, 0.1) is 0 Å². The molecule has 1 aliphatic heterocycles. The summed E-state index contributed by atoms with van der Waals surface area (Å²) < 4.78 is 8.77. The first-order chi connectivity index (χ1) is 9.95. The van der Waals surface area contributed by atoms with E-state index in [9.17, 15) is 0 Å². The van der Waals surface area contributed by atoms with Crippen molar-refractivity contribution in [2.24, 2.45) is 5.92 Å². The highest BCUT2D eigenvalue weighted by atomic mass is 79.9. The Bertz CT molecular complexity index is 639. The third kappa shape index (κ3) is 3.14. The predicted molar refractivity (Wildman–Crippen MR) is 87.5 cm³/mol. The Morgan fingerprint density at radius 3 is 2.71 bits per heavy atom.